The van der Waals surface area contributed by atoms with Gasteiger partial charge < -0.3 is 5.32 Å². The molecular formula is C26H24ClN3O2. The Morgan fingerprint density at radius 3 is 2.28 bits per heavy atom. The van der Waals surface area contributed by atoms with E-state index in [1.807, 2.05) is 48.5 Å². The molecule has 1 amide bonds. The molecule has 0 atom stereocenters. The minimum Gasteiger partial charge on any atom is -0.326 e. The molecule has 0 saturated heterocycles. The van der Waals surface area contributed by atoms with Crippen LogP contribution < -0.4 is 10.9 Å². The van der Waals surface area contributed by atoms with Crippen LogP contribution in [0.3, 0.4) is 0 Å². The molecule has 0 aliphatic carbocycles. The lowest BCUT2D eigenvalue weighted by molar-refractivity contribution is -0.114. The van der Waals surface area contributed by atoms with Crippen molar-refractivity contribution in [2.75, 3.05) is 5.32 Å². The minimum atomic E-state index is -0.180. The van der Waals surface area contributed by atoms with Crippen molar-refractivity contribution in [2.45, 2.75) is 33.2 Å². The maximum atomic E-state index is 13.4. The van der Waals surface area contributed by atoms with Gasteiger partial charge in [-0.3, -0.25) is 14.2 Å². The number of aromatic nitrogens is 2. The van der Waals surface area contributed by atoms with E-state index >= 15 is 0 Å². The highest BCUT2D eigenvalue weighted by molar-refractivity contribution is 6.30. The number of benzene rings is 3. The summed E-state index contributed by atoms with van der Waals surface area (Å²) >= 11 is 5.99. The second kappa shape index (κ2) is 9.37. The fourth-order valence-electron chi connectivity index (χ4n) is 3.75. The van der Waals surface area contributed by atoms with Gasteiger partial charge in [0, 0.05) is 24.1 Å². The minimum absolute atomic E-state index is 0.104. The third-order valence-corrected chi connectivity index (χ3v) is 5.55. The van der Waals surface area contributed by atoms with Crippen LogP contribution in [0.2, 0.25) is 5.02 Å². The average molecular weight is 446 g/mol. The Labute approximate surface area is 191 Å². The Morgan fingerprint density at radius 1 is 1.00 bits per heavy atom. The topological polar surface area (TPSA) is 64.0 Å². The Bertz CT molecular complexity index is 1330. The van der Waals surface area contributed by atoms with Crippen LogP contribution in [0.15, 0.2) is 71.5 Å². The first-order valence-electron chi connectivity index (χ1n) is 10.6. The molecule has 32 heavy (non-hydrogen) atoms. The van der Waals surface area contributed by atoms with Gasteiger partial charge in [0.2, 0.25) is 5.91 Å². The van der Waals surface area contributed by atoms with Crippen molar-refractivity contribution in [3.63, 3.8) is 0 Å². The van der Waals surface area contributed by atoms with Crippen molar-refractivity contribution < 1.29 is 4.79 Å². The van der Waals surface area contributed by atoms with E-state index in [0.717, 1.165) is 28.9 Å². The maximum absolute atomic E-state index is 13.4. The second-order valence-electron chi connectivity index (χ2n) is 7.79. The molecular weight excluding hydrogens is 422 g/mol. The third-order valence-electron chi connectivity index (χ3n) is 5.30. The lowest BCUT2D eigenvalue weighted by atomic mass is 10.0. The zero-order valence-electron chi connectivity index (χ0n) is 18.1. The van der Waals surface area contributed by atoms with Gasteiger partial charge in [0.25, 0.3) is 5.56 Å². The molecule has 0 bridgehead atoms. The van der Waals surface area contributed by atoms with E-state index in [2.05, 4.69) is 12.2 Å². The number of fused-ring (bicyclic) bond motifs is 1. The Kier molecular flexibility index (Phi) is 6.37. The Hall–Kier alpha value is -3.44. The fraction of sp³-hybridized carbons (Fsp3) is 0.192. The summed E-state index contributed by atoms with van der Waals surface area (Å²) in [5.41, 5.74) is 4.31. The van der Waals surface area contributed by atoms with Gasteiger partial charge >= 0.3 is 0 Å². The van der Waals surface area contributed by atoms with Crippen LogP contribution >= 0.6 is 11.6 Å². The molecule has 4 aromatic rings. The SMILES string of the molecule is CCCc1nc2ccc(NC(C)=O)cc2c(=O)n1Cc1ccc(-c2ccc(Cl)cc2)cc1. The fourth-order valence-corrected chi connectivity index (χ4v) is 3.88. The molecule has 162 valence electrons. The molecule has 0 fully saturated rings. The summed E-state index contributed by atoms with van der Waals surface area (Å²) in [7, 11) is 0. The number of halogens is 1. The number of anilines is 1. The van der Waals surface area contributed by atoms with E-state index in [9.17, 15) is 9.59 Å². The quantitative estimate of drug-likeness (QED) is 0.415. The molecule has 0 spiro atoms. The molecule has 4 rings (SSSR count). The molecule has 0 unspecified atom stereocenters. The predicted molar refractivity (Wildman–Crippen MR) is 130 cm³/mol. The van der Waals surface area contributed by atoms with Crippen LogP contribution in [-0.2, 0) is 17.8 Å². The molecule has 6 heteroatoms. The van der Waals surface area contributed by atoms with Gasteiger partial charge in [0.15, 0.2) is 0 Å². The number of carbonyl (C=O) groups is 1. The van der Waals surface area contributed by atoms with Gasteiger partial charge in [-0.05, 0) is 53.4 Å². The zero-order valence-corrected chi connectivity index (χ0v) is 18.8. The van der Waals surface area contributed by atoms with Crippen molar-refractivity contribution in [3.05, 3.63) is 93.5 Å². The smallest absolute Gasteiger partial charge is 0.261 e. The normalized spacial score (nSPS) is 11.0. The van der Waals surface area contributed by atoms with Crippen molar-refractivity contribution in [1.82, 2.24) is 9.55 Å². The predicted octanol–water partition coefficient (Wildman–Crippen LogP) is 5.68. The Morgan fingerprint density at radius 2 is 1.66 bits per heavy atom. The molecule has 3 aromatic carbocycles. The summed E-state index contributed by atoms with van der Waals surface area (Å²) in [4.78, 5) is 29.5. The molecule has 0 aliphatic heterocycles. The largest absolute Gasteiger partial charge is 0.326 e. The first kappa shape index (κ1) is 21.8. The van der Waals surface area contributed by atoms with E-state index in [1.54, 1.807) is 22.8 Å². The van der Waals surface area contributed by atoms with Gasteiger partial charge in [-0.15, -0.1) is 0 Å². The van der Waals surface area contributed by atoms with Crippen LogP contribution in [0.5, 0.6) is 0 Å². The highest BCUT2D eigenvalue weighted by Crippen LogP contribution is 2.22. The maximum Gasteiger partial charge on any atom is 0.261 e. The standard InChI is InChI=1S/C26H24ClN3O2/c1-3-4-25-29-24-14-13-22(28-17(2)31)15-23(24)26(32)30(25)16-18-5-7-19(8-6-18)20-9-11-21(27)12-10-20/h5-15H,3-4,16H2,1-2H3,(H,28,31). The number of carbonyl (C=O) groups excluding carboxylic acids is 1. The third kappa shape index (κ3) is 4.73. The van der Waals surface area contributed by atoms with Crippen LogP contribution in [0.25, 0.3) is 22.0 Å². The summed E-state index contributed by atoms with van der Waals surface area (Å²) in [5, 5.41) is 3.94. The van der Waals surface area contributed by atoms with Crippen molar-refractivity contribution in [2.24, 2.45) is 0 Å². The number of nitrogens with one attached hydrogen (secondary N) is 1. The highest BCUT2D eigenvalue weighted by atomic mass is 35.5. The molecule has 1 heterocycles. The van der Waals surface area contributed by atoms with Gasteiger partial charge in [0.05, 0.1) is 17.4 Å². The zero-order chi connectivity index (χ0) is 22.7. The van der Waals surface area contributed by atoms with E-state index in [4.69, 9.17) is 16.6 Å². The lowest BCUT2D eigenvalue weighted by Gasteiger charge is -2.14. The Balaban J connectivity index is 1.71. The van der Waals surface area contributed by atoms with E-state index in [1.165, 1.54) is 6.92 Å². The number of nitrogens with zero attached hydrogens (tertiary/aromatic N) is 2. The summed E-state index contributed by atoms with van der Waals surface area (Å²) in [6, 6.07) is 21.1. The summed E-state index contributed by atoms with van der Waals surface area (Å²) in [5.74, 6) is 0.583. The second-order valence-corrected chi connectivity index (χ2v) is 8.22. The molecule has 0 aliphatic rings. The number of hydrogen-bond acceptors (Lipinski definition) is 3. The van der Waals surface area contributed by atoms with Gasteiger partial charge in [-0.2, -0.15) is 0 Å². The van der Waals surface area contributed by atoms with Crippen molar-refractivity contribution in [3.8, 4) is 11.1 Å². The summed E-state index contributed by atoms with van der Waals surface area (Å²) in [6.07, 6.45) is 1.60. The molecule has 5 nitrogen and oxygen atoms in total. The lowest BCUT2D eigenvalue weighted by Crippen LogP contribution is -2.26. The molecule has 1 N–H and O–H groups in total. The van der Waals surface area contributed by atoms with E-state index in [0.29, 0.717) is 34.6 Å². The number of hydrogen-bond donors (Lipinski definition) is 1. The first-order chi connectivity index (χ1) is 15.4. The summed E-state index contributed by atoms with van der Waals surface area (Å²) < 4.78 is 1.74. The van der Waals surface area contributed by atoms with Crippen LogP contribution in [-0.4, -0.2) is 15.5 Å². The van der Waals surface area contributed by atoms with Crippen molar-refractivity contribution in [1.29, 1.82) is 0 Å². The first-order valence-corrected chi connectivity index (χ1v) is 11.0. The number of rotatable bonds is 6. The van der Waals surface area contributed by atoms with Crippen LogP contribution in [0.4, 0.5) is 5.69 Å². The van der Waals surface area contributed by atoms with Gasteiger partial charge in [-0.1, -0.05) is 54.9 Å². The number of aryl methyl sites for hydroxylation is 1. The highest BCUT2D eigenvalue weighted by Gasteiger charge is 2.12. The van der Waals surface area contributed by atoms with Crippen molar-refractivity contribution >= 4 is 34.1 Å². The molecule has 0 saturated carbocycles. The monoisotopic (exact) mass is 445 g/mol. The summed E-state index contributed by atoms with van der Waals surface area (Å²) in [6.45, 7) is 3.95. The van der Waals surface area contributed by atoms with E-state index < -0.39 is 0 Å². The van der Waals surface area contributed by atoms with E-state index in [-0.39, 0.29) is 11.5 Å². The number of amides is 1. The molecule has 1 aromatic heterocycles. The van der Waals surface area contributed by atoms with Crippen LogP contribution in [0.1, 0.15) is 31.7 Å². The average Bonchev–Trinajstić information content (AvgIpc) is 2.78. The van der Waals surface area contributed by atoms with Gasteiger partial charge in [-0.25, -0.2) is 4.98 Å². The van der Waals surface area contributed by atoms with Crippen LogP contribution in [0, 0.1) is 0 Å². The molecule has 0 radical (unpaired) electrons. The van der Waals surface area contributed by atoms with Gasteiger partial charge in [0.1, 0.15) is 5.82 Å².